The molecule has 96 valence electrons. The Morgan fingerprint density at radius 2 is 2.12 bits per heavy atom. The van der Waals surface area contributed by atoms with Crippen molar-refractivity contribution in [2.45, 2.75) is 19.1 Å². The van der Waals surface area contributed by atoms with Crippen LogP contribution >= 0.6 is 0 Å². The summed E-state index contributed by atoms with van der Waals surface area (Å²) in [5.74, 6) is -0.0710. The van der Waals surface area contributed by atoms with E-state index in [0.717, 1.165) is 0 Å². The highest BCUT2D eigenvalue weighted by molar-refractivity contribution is 5.37. The zero-order chi connectivity index (χ0) is 13.1. The zero-order valence-corrected chi connectivity index (χ0v) is 9.41. The number of rotatable bonds is 4. The van der Waals surface area contributed by atoms with Crippen LogP contribution in [0.4, 0.5) is 13.2 Å². The number of hydrogen-bond acceptors (Lipinski definition) is 4. The number of hydrogen-bond donors (Lipinski definition) is 1. The lowest BCUT2D eigenvalue weighted by molar-refractivity contribution is -0.154. The van der Waals surface area contributed by atoms with E-state index >= 15 is 0 Å². The van der Waals surface area contributed by atoms with Crippen molar-refractivity contribution in [2.24, 2.45) is 5.73 Å². The molecule has 0 aliphatic carbocycles. The van der Waals surface area contributed by atoms with Gasteiger partial charge < -0.3 is 15.2 Å². The first-order valence-corrected chi connectivity index (χ1v) is 4.82. The van der Waals surface area contributed by atoms with Gasteiger partial charge in [-0.15, -0.1) is 0 Å². The Morgan fingerprint density at radius 1 is 1.47 bits per heavy atom. The molecule has 1 atom stereocenters. The van der Waals surface area contributed by atoms with E-state index in [9.17, 15) is 13.2 Å². The zero-order valence-electron chi connectivity index (χ0n) is 9.41. The lowest BCUT2D eigenvalue weighted by atomic mass is 10.1. The van der Waals surface area contributed by atoms with Crippen molar-refractivity contribution in [3.05, 3.63) is 17.8 Å². The average molecular weight is 250 g/mol. The molecule has 0 amide bonds. The molecule has 0 radical (unpaired) electrons. The van der Waals surface area contributed by atoms with Crippen LogP contribution in [0.1, 0.15) is 18.5 Å². The Kier molecular flexibility index (Phi) is 4.17. The highest BCUT2D eigenvalue weighted by Gasteiger charge is 2.29. The van der Waals surface area contributed by atoms with Crippen LogP contribution in [0.15, 0.2) is 12.3 Å². The maximum atomic E-state index is 12.0. The van der Waals surface area contributed by atoms with Gasteiger partial charge >= 0.3 is 6.18 Å². The second-order valence-corrected chi connectivity index (χ2v) is 3.47. The molecule has 17 heavy (non-hydrogen) atoms. The number of alkyl halides is 3. The van der Waals surface area contributed by atoms with Crippen LogP contribution in [0.5, 0.6) is 11.6 Å². The van der Waals surface area contributed by atoms with E-state index in [1.807, 2.05) is 0 Å². The molecule has 0 saturated carbocycles. The molecule has 0 bridgehead atoms. The second-order valence-electron chi connectivity index (χ2n) is 3.47. The third-order valence-electron chi connectivity index (χ3n) is 1.96. The summed E-state index contributed by atoms with van der Waals surface area (Å²) in [6.45, 7) is 0.320. The molecule has 1 unspecified atom stereocenters. The van der Waals surface area contributed by atoms with Crippen molar-refractivity contribution >= 4 is 0 Å². The van der Waals surface area contributed by atoms with Gasteiger partial charge in [0.05, 0.1) is 7.11 Å². The second kappa shape index (κ2) is 5.22. The minimum Gasteiger partial charge on any atom is -0.491 e. The molecule has 7 heteroatoms. The third-order valence-corrected chi connectivity index (χ3v) is 1.96. The van der Waals surface area contributed by atoms with Gasteiger partial charge in [0.2, 0.25) is 0 Å². The molecule has 0 aliphatic rings. The summed E-state index contributed by atoms with van der Waals surface area (Å²) in [5, 5.41) is 0. The van der Waals surface area contributed by atoms with E-state index in [1.54, 1.807) is 6.92 Å². The Balaban J connectivity index is 2.86. The Hall–Kier alpha value is -1.50. The van der Waals surface area contributed by atoms with E-state index < -0.39 is 12.8 Å². The van der Waals surface area contributed by atoms with Crippen molar-refractivity contribution in [1.29, 1.82) is 0 Å². The summed E-state index contributed by atoms with van der Waals surface area (Å²) in [6, 6.07) is 1.22. The Bertz CT molecular complexity index is 380. The van der Waals surface area contributed by atoms with Crippen molar-refractivity contribution < 1.29 is 22.6 Å². The predicted octanol–water partition coefficient (Wildman–Crippen LogP) is 2.05. The first-order valence-electron chi connectivity index (χ1n) is 4.82. The molecule has 1 heterocycles. The van der Waals surface area contributed by atoms with Crippen molar-refractivity contribution in [3.63, 3.8) is 0 Å². The van der Waals surface area contributed by atoms with Gasteiger partial charge in [-0.05, 0) is 18.6 Å². The van der Waals surface area contributed by atoms with E-state index in [-0.39, 0.29) is 17.7 Å². The molecule has 1 aromatic rings. The maximum Gasteiger partial charge on any atom is 0.422 e. The standard InChI is InChI=1S/C10H13F3N2O2/c1-6(14)7-3-8(16-2)9(15-4-7)17-5-10(11,12)13/h3-4,6H,5,14H2,1-2H3. The number of nitrogens with zero attached hydrogens (tertiary/aromatic N) is 1. The maximum absolute atomic E-state index is 12.0. The monoisotopic (exact) mass is 250 g/mol. The summed E-state index contributed by atoms with van der Waals surface area (Å²) in [6.07, 6.45) is -3.05. The molecule has 0 aromatic carbocycles. The van der Waals surface area contributed by atoms with E-state index in [1.165, 1.54) is 19.4 Å². The summed E-state index contributed by atoms with van der Waals surface area (Å²) in [4.78, 5) is 3.75. The fraction of sp³-hybridized carbons (Fsp3) is 0.500. The van der Waals surface area contributed by atoms with Gasteiger partial charge in [-0.1, -0.05) is 0 Å². The number of halogens is 3. The van der Waals surface area contributed by atoms with Crippen LogP contribution < -0.4 is 15.2 Å². The number of pyridine rings is 1. The predicted molar refractivity (Wildman–Crippen MR) is 54.9 cm³/mol. The molecule has 0 saturated heterocycles. The molecular formula is C10H13F3N2O2. The lowest BCUT2D eigenvalue weighted by Gasteiger charge is -2.13. The number of methoxy groups -OCH3 is 1. The van der Waals surface area contributed by atoms with Crippen LogP contribution in [0, 0.1) is 0 Å². The summed E-state index contributed by atoms with van der Waals surface area (Å²) >= 11 is 0. The molecule has 4 nitrogen and oxygen atoms in total. The van der Waals surface area contributed by atoms with Crippen LogP contribution in [0.25, 0.3) is 0 Å². The molecule has 0 fully saturated rings. The van der Waals surface area contributed by atoms with Crippen LogP contribution in [0.3, 0.4) is 0 Å². The lowest BCUT2D eigenvalue weighted by Crippen LogP contribution is -2.20. The van der Waals surface area contributed by atoms with Crippen molar-refractivity contribution in [2.75, 3.05) is 13.7 Å². The largest absolute Gasteiger partial charge is 0.491 e. The third kappa shape index (κ3) is 4.10. The fourth-order valence-corrected chi connectivity index (χ4v) is 1.10. The minimum absolute atomic E-state index is 0.129. The molecule has 0 spiro atoms. The van der Waals surface area contributed by atoms with Crippen molar-refractivity contribution in [3.8, 4) is 11.6 Å². The van der Waals surface area contributed by atoms with E-state index in [4.69, 9.17) is 10.5 Å². The van der Waals surface area contributed by atoms with Gasteiger partial charge in [0.15, 0.2) is 12.4 Å². The molecule has 2 N–H and O–H groups in total. The first kappa shape index (κ1) is 13.6. The number of ether oxygens (including phenoxy) is 2. The highest BCUT2D eigenvalue weighted by Crippen LogP contribution is 2.28. The first-order chi connectivity index (χ1) is 7.83. The fourth-order valence-electron chi connectivity index (χ4n) is 1.10. The van der Waals surface area contributed by atoms with Crippen LogP contribution in [0.2, 0.25) is 0 Å². The van der Waals surface area contributed by atoms with Gasteiger partial charge in [-0.2, -0.15) is 13.2 Å². The van der Waals surface area contributed by atoms with E-state index in [2.05, 4.69) is 9.72 Å². The summed E-state index contributed by atoms with van der Waals surface area (Å²) < 4.78 is 45.3. The van der Waals surface area contributed by atoms with E-state index in [0.29, 0.717) is 5.56 Å². The average Bonchev–Trinajstić information content (AvgIpc) is 2.24. The smallest absolute Gasteiger partial charge is 0.422 e. The minimum atomic E-state index is -4.41. The van der Waals surface area contributed by atoms with Crippen LogP contribution in [-0.2, 0) is 0 Å². The Labute approximate surface area is 96.5 Å². The molecular weight excluding hydrogens is 237 g/mol. The number of nitrogens with two attached hydrogens (primary N) is 1. The van der Waals surface area contributed by atoms with Gasteiger partial charge in [-0.3, -0.25) is 0 Å². The number of aromatic nitrogens is 1. The van der Waals surface area contributed by atoms with Gasteiger partial charge in [0.1, 0.15) is 0 Å². The topological polar surface area (TPSA) is 57.4 Å². The summed E-state index contributed by atoms with van der Waals surface area (Å²) in [5.41, 5.74) is 6.27. The van der Waals surface area contributed by atoms with Gasteiger partial charge in [0, 0.05) is 12.2 Å². The normalized spacial score (nSPS) is 13.3. The highest BCUT2D eigenvalue weighted by atomic mass is 19.4. The summed E-state index contributed by atoms with van der Waals surface area (Å²) in [7, 11) is 1.32. The van der Waals surface area contributed by atoms with Gasteiger partial charge in [0.25, 0.3) is 5.88 Å². The SMILES string of the molecule is COc1cc(C(C)N)cnc1OCC(F)(F)F. The van der Waals surface area contributed by atoms with Gasteiger partial charge in [-0.25, -0.2) is 4.98 Å². The van der Waals surface area contributed by atoms with Crippen LogP contribution in [-0.4, -0.2) is 24.9 Å². The van der Waals surface area contributed by atoms with Crippen molar-refractivity contribution in [1.82, 2.24) is 4.98 Å². The molecule has 0 aliphatic heterocycles. The quantitative estimate of drug-likeness (QED) is 0.888. The molecule has 1 aromatic heterocycles. The molecule has 1 rings (SSSR count). The Morgan fingerprint density at radius 3 is 2.59 bits per heavy atom.